The van der Waals surface area contributed by atoms with Crippen molar-refractivity contribution in [1.82, 2.24) is 9.88 Å². The van der Waals surface area contributed by atoms with E-state index in [2.05, 4.69) is 45.1 Å². The van der Waals surface area contributed by atoms with Gasteiger partial charge < -0.3 is 14.9 Å². The molecule has 6 heteroatoms. The Kier molecular flexibility index (Phi) is 5.34. The van der Waals surface area contributed by atoms with Gasteiger partial charge >= 0.3 is 0 Å². The summed E-state index contributed by atoms with van der Waals surface area (Å²) in [5, 5.41) is 12.0. The van der Waals surface area contributed by atoms with Gasteiger partial charge in [0.05, 0.1) is 11.6 Å². The van der Waals surface area contributed by atoms with Crippen LogP contribution in [0.5, 0.6) is 0 Å². The Labute approximate surface area is 182 Å². The smallest absolute Gasteiger partial charge is 0.228 e. The molecule has 2 fully saturated rings. The van der Waals surface area contributed by atoms with E-state index in [1.165, 1.54) is 11.1 Å². The lowest BCUT2D eigenvalue weighted by atomic mass is 10.1. The van der Waals surface area contributed by atoms with Gasteiger partial charge in [0.1, 0.15) is 0 Å². The molecule has 3 aromatic rings. The van der Waals surface area contributed by atoms with Crippen LogP contribution >= 0.6 is 0 Å². The summed E-state index contributed by atoms with van der Waals surface area (Å²) in [4.78, 5) is 22.9. The highest BCUT2D eigenvalue weighted by Gasteiger charge is 2.26. The normalized spacial score (nSPS) is 18.3. The molecule has 0 radical (unpaired) electrons. The average Bonchev–Trinajstić information content (AvgIpc) is 2.78. The van der Waals surface area contributed by atoms with Crippen LogP contribution in [0.3, 0.4) is 0 Å². The van der Waals surface area contributed by atoms with Crippen molar-refractivity contribution in [3.8, 4) is 0 Å². The first-order valence-electron chi connectivity index (χ1n) is 11.0. The van der Waals surface area contributed by atoms with Crippen LogP contribution in [0.1, 0.15) is 23.8 Å². The first kappa shape index (κ1) is 20.0. The minimum atomic E-state index is -0.562. The molecule has 0 saturated carbocycles. The quantitative estimate of drug-likeness (QED) is 0.648. The van der Waals surface area contributed by atoms with Gasteiger partial charge in [-0.05, 0) is 48.9 Å². The standard InChI is InChI=1S/C25H28N4O2/c1-18-8-9-21-22(26-18)6-3-7-23(21)28-14-12-27(13-15-28)17-24(30)19-4-2-5-20(16-19)29-11-10-25(29)31/h2-9,16,24,30H,10-15,17H2,1H3. The van der Waals surface area contributed by atoms with Gasteiger partial charge in [-0.1, -0.05) is 18.2 Å². The first-order chi connectivity index (χ1) is 15.1. The molecule has 0 spiro atoms. The highest BCUT2D eigenvalue weighted by molar-refractivity contribution is 5.99. The molecule has 2 aromatic carbocycles. The molecule has 0 bridgehead atoms. The van der Waals surface area contributed by atoms with E-state index in [4.69, 9.17) is 0 Å². The van der Waals surface area contributed by atoms with E-state index in [9.17, 15) is 9.90 Å². The van der Waals surface area contributed by atoms with Crippen molar-refractivity contribution in [2.45, 2.75) is 19.4 Å². The van der Waals surface area contributed by atoms with E-state index >= 15 is 0 Å². The molecular weight excluding hydrogens is 388 g/mol. The third-order valence-electron chi connectivity index (χ3n) is 6.41. The Balaban J connectivity index is 1.22. The van der Waals surface area contributed by atoms with Crippen LogP contribution in [0.2, 0.25) is 0 Å². The number of piperazine rings is 1. The number of anilines is 2. The molecule has 1 atom stereocenters. The molecule has 2 aliphatic rings. The monoisotopic (exact) mass is 416 g/mol. The second kappa shape index (κ2) is 8.29. The number of pyridine rings is 1. The molecule has 160 valence electrons. The molecule has 31 heavy (non-hydrogen) atoms. The van der Waals surface area contributed by atoms with E-state index in [-0.39, 0.29) is 5.91 Å². The highest BCUT2D eigenvalue weighted by Crippen LogP contribution is 2.28. The third kappa shape index (κ3) is 4.01. The fourth-order valence-corrected chi connectivity index (χ4v) is 4.53. The second-order valence-electron chi connectivity index (χ2n) is 8.49. The number of hydrogen-bond acceptors (Lipinski definition) is 5. The topological polar surface area (TPSA) is 59.9 Å². The van der Waals surface area contributed by atoms with E-state index in [1.54, 1.807) is 4.90 Å². The van der Waals surface area contributed by atoms with Crippen LogP contribution in [0, 0.1) is 6.92 Å². The van der Waals surface area contributed by atoms with Crippen molar-refractivity contribution < 1.29 is 9.90 Å². The predicted molar refractivity (Wildman–Crippen MR) is 124 cm³/mol. The number of β-lactam (4-membered cyclic amide) rings is 1. The van der Waals surface area contributed by atoms with Crippen molar-refractivity contribution in [2.75, 3.05) is 49.1 Å². The minimum Gasteiger partial charge on any atom is -0.387 e. The Morgan fingerprint density at radius 3 is 2.55 bits per heavy atom. The van der Waals surface area contributed by atoms with Gasteiger partial charge in [0.2, 0.25) is 5.91 Å². The molecule has 0 aliphatic carbocycles. The van der Waals surface area contributed by atoms with Gasteiger partial charge in [0, 0.05) is 68.1 Å². The lowest BCUT2D eigenvalue weighted by Gasteiger charge is -2.37. The van der Waals surface area contributed by atoms with Gasteiger partial charge in [0.25, 0.3) is 0 Å². The number of β-amino-alcohol motifs (C(OH)–C–C–N with tert-alkyl or cyclic N) is 1. The van der Waals surface area contributed by atoms with Gasteiger partial charge in [-0.3, -0.25) is 14.7 Å². The average molecular weight is 417 g/mol. The maximum Gasteiger partial charge on any atom is 0.228 e. The summed E-state index contributed by atoms with van der Waals surface area (Å²) in [6.07, 6.45) is 0.0521. The summed E-state index contributed by atoms with van der Waals surface area (Å²) in [5.74, 6) is 0.154. The fraction of sp³-hybridized carbons (Fsp3) is 0.360. The Morgan fingerprint density at radius 2 is 1.81 bits per heavy atom. The number of carbonyl (C=O) groups is 1. The number of rotatable bonds is 5. The number of hydrogen-bond donors (Lipinski definition) is 1. The third-order valence-corrected chi connectivity index (χ3v) is 6.41. The summed E-state index contributed by atoms with van der Waals surface area (Å²) in [6, 6.07) is 18.3. The number of benzene rings is 2. The molecule has 5 rings (SSSR count). The van der Waals surface area contributed by atoms with Crippen LogP contribution in [-0.4, -0.2) is 60.2 Å². The number of nitrogens with zero attached hydrogens (tertiary/aromatic N) is 4. The minimum absolute atomic E-state index is 0.154. The number of fused-ring (bicyclic) bond motifs is 1. The van der Waals surface area contributed by atoms with Crippen molar-refractivity contribution >= 4 is 28.2 Å². The molecule has 2 aliphatic heterocycles. The van der Waals surface area contributed by atoms with Crippen LogP contribution in [0.4, 0.5) is 11.4 Å². The van der Waals surface area contributed by atoms with Crippen LogP contribution in [0.15, 0.2) is 54.6 Å². The molecule has 1 amide bonds. The van der Waals surface area contributed by atoms with Crippen molar-refractivity contribution in [3.05, 3.63) is 65.9 Å². The van der Waals surface area contributed by atoms with E-state index in [1.807, 2.05) is 31.2 Å². The van der Waals surface area contributed by atoms with Crippen molar-refractivity contribution in [2.24, 2.45) is 0 Å². The summed E-state index contributed by atoms with van der Waals surface area (Å²) >= 11 is 0. The lowest BCUT2D eigenvalue weighted by Crippen LogP contribution is -2.47. The van der Waals surface area contributed by atoms with E-state index < -0.39 is 6.10 Å². The number of aliphatic hydroxyl groups excluding tert-OH is 1. The van der Waals surface area contributed by atoms with E-state index in [0.29, 0.717) is 13.0 Å². The number of carbonyl (C=O) groups excluding carboxylic acids is 1. The maximum absolute atomic E-state index is 11.7. The molecule has 1 aromatic heterocycles. The molecule has 1 N–H and O–H groups in total. The SMILES string of the molecule is Cc1ccc2c(N3CCN(CC(O)c4cccc(N5CCC5=O)c4)CC3)cccc2n1. The van der Waals surface area contributed by atoms with Gasteiger partial charge in [-0.2, -0.15) is 0 Å². The van der Waals surface area contributed by atoms with Crippen molar-refractivity contribution in [1.29, 1.82) is 0 Å². The summed E-state index contributed by atoms with van der Waals surface area (Å²) in [7, 11) is 0. The molecular formula is C25H28N4O2. The fourth-order valence-electron chi connectivity index (χ4n) is 4.53. The van der Waals surface area contributed by atoms with Crippen LogP contribution < -0.4 is 9.80 Å². The Bertz CT molecular complexity index is 1110. The Hall–Kier alpha value is -2.96. The number of aryl methyl sites for hydroxylation is 1. The lowest BCUT2D eigenvalue weighted by molar-refractivity contribution is -0.122. The number of aromatic nitrogens is 1. The molecule has 2 saturated heterocycles. The molecule has 3 heterocycles. The zero-order chi connectivity index (χ0) is 21.4. The van der Waals surface area contributed by atoms with Gasteiger partial charge in [-0.25, -0.2) is 0 Å². The van der Waals surface area contributed by atoms with Gasteiger partial charge in [-0.15, -0.1) is 0 Å². The maximum atomic E-state index is 11.7. The Morgan fingerprint density at radius 1 is 1.00 bits per heavy atom. The summed E-state index contributed by atoms with van der Waals surface area (Å²) in [5.41, 5.74) is 5.06. The first-order valence-corrected chi connectivity index (χ1v) is 11.0. The summed E-state index contributed by atoms with van der Waals surface area (Å²) in [6.45, 7) is 7.02. The molecule has 6 nitrogen and oxygen atoms in total. The zero-order valence-electron chi connectivity index (χ0n) is 17.9. The second-order valence-corrected chi connectivity index (χ2v) is 8.49. The zero-order valence-corrected chi connectivity index (χ0v) is 17.9. The highest BCUT2D eigenvalue weighted by atomic mass is 16.3. The largest absolute Gasteiger partial charge is 0.387 e. The molecule has 1 unspecified atom stereocenters. The predicted octanol–water partition coefficient (Wildman–Crippen LogP) is 3.14. The summed E-state index contributed by atoms with van der Waals surface area (Å²) < 4.78 is 0. The van der Waals surface area contributed by atoms with Gasteiger partial charge in [0.15, 0.2) is 0 Å². The van der Waals surface area contributed by atoms with Crippen LogP contribution in [-0.2, 0) is 4.79 Å². The van der Waals surface area contributed by atoms with Crippen molar-refractivity contribution in [3.63, 3.8) is 0 Å². The van der Waals surface area contributed by atoms with E-state index in [0.717, 1.165) is 55.2 Å². The van der Waals surface area contributed by atoms with Crippen LogP contribution in [0.25, 0.3) is 10.9 Å². The number of amides is 1. The number of aliphatic hydroxyl groups is 1.